The molecule has 2 aromatic rings. The highest BCUT2D eigenvalue weighted by molar-refractivity contribution is 6.28. The first-order valence-corrected chi connectivity index (χ1v) is 6.52. The first-order chi connectivity index (χ1) is 8.81. The third-order valence-electron chi connectivity index (χ3n) is 3.00. The van der Waals surface area contributed by atoms with Crippen LogP contribution in [0.3, 0.4) is 0 Å². The van der Waals surface area contributed by atoms with Crippen molar-refractivity contribution in [2.24, 2.45) is 0 Å². The molecule has 1 aromatic heterocycles. The first-order valence-electron chi connectivity index (χ1n) is 6.14. The van der Waals surface area contributed by atoms with Gasteiger partial charge in [-0.25, -0.2) is 0 Å². The van der Waals surface area contributed by atoms with Crippen molar-refractivity contribution in [1.82, 2.24) is 14.8 Å². The lowest BCUT2D eigenvalue weighted by Gasteiger charge is -2.12. The normalized spacial score (nSPS) is 14.8. The summed E-state index contributed by atoms with van der Waals surface area (Å²) in [5, 5.41) is 8.55. The zero-order chi connectivity index (χ0) is 12.5. The molecule has 0 unspecified atom stereocenters. The fraction of sp³-hybridized carbons (Fsp3) is 0.385. The van der Waals surface area contributed by atoms with Crippen molar-refractivity contribution in [2.45, 2.75) is 25.7 Å². The van der Waals surface area contributed by atoms with E-state index in [1.165, 1.54) is 0 Å². The van der Waals surface area contributed by atoms with E-state index in [0.29, 0.717) is 17.8 Å². The summed E-state index contributed by atoms with van der Waals surface area (Å²) in [5.74, 6) is 2.23. The topological polar surface area (TPSA) is 39.9 Å². The fourth-order valence-electron chi connectivity index (χ4n) is 2.02. The Balaban J connectivity index is 2.11. The quantitative estimate of drug-likeness (QED) is 0.850. The molecule has 1 saturated carbocycles. The van der Waals surface area contributed by atoms with Crippen LogP contribution in [0.4, 0.5) is 0 Å². The average molecular weight is 264 g/mol. The molecule has 0 spiro atoms. The average Bonchev–Trinajstić information content (AvgIpc) is 3.15. The maximum Gasteiger partial charge on any atom is 0.229 e. The molecule has 0 amide bonds. The van der Waals surface area contributed by atoms with Crippen LogP contribution in [0, 0.1) is 0 Å². The smallest absolute Gasteiger partial charge is 0.229 e. The standard InChI is InChI=1S/C13H14ClN3O/c1-2-18-11-6-4-3-5-10(11)17-12(9-7-8-9)15-16-13(17)14/h3-6,9H,2,7-8H2,1H3. The number of benzene rings is 1. The Morgan fingerprint density at radius 1 is 1.33 bits per heavy atom. The molecule has 1 aromatic carbocycles. The van der Waals surface area contributed by atoms with Crippen molar-refractivity contribution in [1.29, 1.82) is 0 Å². The predicted octanol–water partition coefficient (Wildman–Crippen LogP) is 3.20. The lowest BCUT2D eigenvalue weighted by molar-refractivity contribution is 0.339. The summed E-state index contributed by atoms with van der Waals surface area (Å²) < 4.78 is 7.53. The van der Waals surface area contributed by atoms with Crippen molar-refractivity contribution >= 4 is 11.6 Å². The molecule has 0 radical (unpaired) electrons. The molecule has 4 nitrogen and oxygen atoms in total. The molecule has 0 N–H and O–H groups in total. The third-order valence-corrected chi connectivity index (χ3v) is 3.24. The zero-order valence-corrected chi connectivity index (χ0v) is 10.9. The molecule has 3 rings (SSSR count). The van der Waals surface area contributed by atoms with E-state index in [4.69, 9.17) is 16.3 Å². The van der Waals surface area contributed by atoms with E-state index in [0.717, 1.165) is 30.1 Å². The summed E-state index contributed by atoms with van der Waals surface area (Å²) in [4.78, 5) is 0. The van der Waals surface area contributed by atoms with Gasteiger partial charge in [-0.05, 0) is 43.5 Å². The van der Waals surface area contributed by atoms with E-state index >= 15 is 0 Å². The SMILES string of the molecule is CCOc1ccccc1-n1c(Cl)nnc1C1CC1. The minimum atomic E-state index is 0.393. The van der Waals surface area contributed by atoms with Crippen LogP contribution in [0.25, 0.3) is 5.69 Å². The van der Waals surface area contributed by atoms with Crippen molar-refractivity contribution in [3.8, 4) is 11.4 Å². The summed E-state index contributed by atoms with van der Waals surface area (Å²) in [6, 6.07) is 7.83. The molecule has 1 aliphatic carbocycles. The predicted molar refractivity (Wildman–Crippen MR) is 69.5 cm³/mol. The van der Waals surface area contributed by atoms with Crippen LogP contribution in [0.2, 0.25) is 5.28 Å². The molecule has 5 heteroatoms. The number of nitrogens with zero attached hydrogens (tertiary/aromatic N) is 3. The van der Waals surface area contributed by atoms with E-state index < -0.39 is 0 Å². The lowest BCUT2D eigenvalue weighted by atomic mass is 10.2. The Morgan fingerprint density at radius 2 is 2.11 bits per heavy atom. The van der Waals surface area contributed by atoms with Gasteiger partial charge in [0.05, 0.1) is 12.3 Å². The second kappa shape index (κ2) is 4.61. The van der Waals surface area contributed by atoms with Gasteiger partial charge in [0, 0.05) is 5.92 Å². The Hall–Kier alpha value is -1.55. The zero-order valence-electron chi connectivity index (χ0n) is 10.1. The van der Waals surface area contributed by atoms with Crippen molar-refractivity contribution in [2.75, 3.05) is 6.61 Å². The highest BCUT2D eigenvalue weighted by Crippen LogP contribution is 2.41. The van der Waals surface area contributed by atoms with Gasteiger partial charge < -0.3 is 4.74 Å². The monoisotopic (exact) mass is 263 g/mol. The third kappa shape index (κ3) is 1.97. The summed E-state index contributed by atoms with van der Waals surface area (Å²) in [5.41, 5.74) is 0.913. The molecule has 18 heavy (non-hydrogen) atoms. The summed E-state index contributed by atoms with van der Waals surface area (Å²) in [6.07, 6.45) is 2.32. The van der Waals surface area contributed by atoms with Crippen LogP contribution in [-0.4, -0.2) is 21.4 Å². The molecule has 94 valence electrons. The maximum absolute atomic E-state index is 6.16. The Labute approximate surface area is 111 Å². The molecule has 0 aliphatic heterocycles. The van der Waals surface area contributed by atoms with Crippen LogP contribution in [0.5, 0.6) is 5.75 Å². The van der Waals surface area contributed by atoms with Crippen LogP contribution < -0.4 is 4.74 Å². The van der Waals surface area contributed by atoms with Crippen LogP contribution in [-0.2, 0) is 0 Å². The minimum absolute atomic E-state index is 0.393. The van der Waals surface area contributed by atoms with Gasteiger partial charge in [0.1, 0.15) is 11.6 Å². The van der Waals surface area contributed by atoms with Gasteiger partial charge in [-0.2, -0.15) is 0 Å². The molecule has 1 heterocycles. The lowest BCUT2D eigenvalue weighted by Crippen LogP contribution is -2.04. The van der Waals surface area contributed by atoms with E-state index in [2.05, 4.69) is 10.2 Å². The van der Waals surface area contributed by atoms with Crippen LogP contribution >= 0.6 is 11.6 Å². The van der Waals surface area contributed by atoms with Gasteiger partial charge in [0.15, 0.2) is 0 Å². The molecule has 1 aliphatic rings. The van der Waals surface area contributed by atoms with Crippen LogP contribution in [0.1, 0.15) is 31.5 Å². The Kier molecular flexibility index (Phi) is 2.96. The largest absolute Gasteiger partial charge is 0.492 e. The number of para-hydroxylation sites is 2. The van der Waals surface area contributed by atoms with Gasteiger partial charge in [0.2, 0.25) is 5.28 Å². The number of aromatic nitrogens is 3. The minimum Gasteiger partial charge on any atom is -0.492 e. The molecule has 1 fully saturated rings. The molecule has 0 saturated heterocycles. The molecular weight excluding hydrogens is 250 g/mol. The second-order valence-corrected chi connectivity index (χ2v) is 4.68. The molecule has 0 atom stereocenters. The summed E-state index contributed by atoms with van der Waals surface area (Å²) >= 11 is 6.16. The summed E-state index contributed by atoms with van der Waals surface area (Å²) in [6.45, 7) is 2.59. The van der Waals surface area contributed by atoms with E-state index in [-0.39, 0.29) is 0 Å². The van der Waals surface area contributed by atoms with E-state index in [1.807, 2.05) is 35.8 Å². The summed E-state index contributed by atoms with van der Waals surface area (Å²) in [7, 11) is 0. The number of hydrogen-bond acceptors (Lipinski definition) is 3. The number of rotatable bonds is 4. The number of ether oxygens (including phenoxy) is 1. The Bertz CT molecular complexity index is 563. The van der Waals surface area contributed by atoms with Gasteiger partial charge >= 0.3 is 0 Å². The number of hydrogen-bond donors (Lipinski definition) is 0. The first kappa shape index (κ1) is 11.5. The van der Waals surface area contributed by atoms with E-state index in [9.17, 15) is 0 Å². The van der Waals surface area contributed by atoms with Crippen LogP contribution in [0.15, 0.2) is 24.3 Å². The van der Waals surface area contributed by atoms with Gasteiger partial charge in [-0.3, -0.25) is 4.57 Å². The highest BCUT2D eigenvalue weighted by atomic mass is 35.5. The van der Waals surface area contributed by atoms with E-state index in [1.54, 1.807) is 0 Å². The fourth-order valence-corrected chi connectivity index (χ4v) is 2.24. The van der Waals surface area contributed by atoms with Crippen molar-refractivity contribution in [3.63, 3.8) is 0 Å². The van der Waals surface area contributed by atoms with Gasteiger partial charge in [-0.1, -0.05) is 12.1 Å². The maximum atomic E-state index is 6.16. The Morgan fingerprint density at radius 3 is 2.83 bits per heavy atom. The van der Waals surface area contributed by atoms with Gasteiger partial charge in [-0.15, -0.1) is 10.2 Å². The van der Waals surface area contributed by atoms with Gasteiger partial charge in [0.25, 0.3) is 0 Å². The van der Waals surface area contributed by atoms with Crippen molar-refractivity contribution < 1.29 is 4.74 Å². The molecular formula is C13H14ClN3O. The number of halogens is 1. The molecule has 0 bridgehead atoms. The highest BCUT2D eigenvalue weighted by Gasteiger charge is 2.31. The van der Waals surface area contributed by atoms with Crippen molar-refractivity contribution in [3.05, 3.63) is 35.4 Å². The second-order valence-electron chi connectivity index (χ2n) is 4.34.